The van der Waals surface area contributed by atoms with Crippen LogP contribution in [0, 0.1) is 0 Å². The molecule has 0 amide bonds. The van der Waals surface area contributed by atoms with Gasteiger partial charge in [-0.25, -0.2) is 4.98 Å². The van der Waals surface area contributed by atoms with Crippen LogP contribution in [0.25, 0.3) is 12.2 Å². The molecule has 2 aromatic carbocycles. The van der Waals surface area contributed by atoms with Gasteiger partial charge in [0.25, 0.3) is 0 Å². The van der Waals surface area contributed by atoms with Gasteiger partial charge in [0.05, 0.1) is 6.61 Å². The van der Waals surface area contributed by atoms with Crippen molar-refractivity contribution in [3.05, 3.63) is 89.1 Å². The number of fused-ring (bicyclic) bond motifs is 1. The summed E-state index contributed by atoms with van der Waals surface area (Å²) in [6.45, 7) is 3.27. The number of nitrogens with zero attached hydrogens (tertiary/aromatic N) is 2. The lowest BCUT2D eigenvalue weighted by atomic mass is 9.89. The molecule has 1 aliphatic carbocycles. The first-order valence-corrected chi connectivity index (χ1v) is 12.8. The first-order chi connectivity index (χ1) is 17.2. The van der Waals surface area contributed by atoms with Gasteiger partial charge in [-0.05, 0) is 47.7 Å². The second kappa shape index (κ2) is 9.84. The van der Waals surface area contributed by atoms with E-state index in [-0.39, 0.29) is 0 Å². The summed E-state index contributed by atoms with van der Waals surface area (Å²) < 4.78 is 18.5. The van der Waals surface area contributed by atoms with Crippen LogP contribution in [-0.4, -0.2) is 34.8 Å². The highest BCUT2D eigenvalue weighted by Crippen LogP contribution is 2.39. The number of likely N-dealkylation sites (tertiary alicyclic amines) is 1. The third-order valence-corrected chi connectivity index (χ3v) is 7.48. The van der Waals surface area contributed by atoms with E-state index >= 15 is 0 Å². The lowest BCUT2D eigenvalue weighted by Crippen LogP contribution is -2.54. The lowest BCUT2D eigenvalue weighted by molar-refractivity contribution is -0.231. The van der Waals surface area contributed by atoms with E-state index < -0.39 is 5.79 Å². The maximum absolute atomic E-state index is 6.43. The summed E-state index contributed by atoms with van der Waals surface area (Å²) >= 11 is 0. The quantitative estimate of drug-likeness (QED) is 0.438. The topological polar surface area (TPSA) is 43.8 Å². The highest BCUT2D eigenvalue weighted by molar-refractivity contribution is 5.70. The Morgan fingerprint density at radius 1 is 0.971 bits per heavy atom. The highest BCUT2D eigenvalue weighted by Gasteiger charge is 2.42. The van der Waals surface area contributed by atoms with Gasteiger partial charge >= 0.3 is 0 Å². The summed E-state index contributed by atoms with van der Waals surface area (Å²) in [5, 5.41) is 0. The molecule has 0 N–H and O–H groups in total. The maximum atomic E-state index is 6.43. The van der Waals surface area contributed by atoms with Crippen LogP contribution < -0.4 is 9.47 Å². The number of hydrogen-bond acceptors (Lipinski definition) is 5. The molecule has 2 fully saturated rings. The molecule has 3 aromatic rings. The van der Waals surface area contributed by atoms with Gasteiger partial charge < -0.3 is 14.2 Å². The molecule has 1 saturated heterocycles. The molecule has 1 aromatic heterocycles. The summed E-state index contributed by atoms with van der Waals surface area (Å²) in [5.74, 6) is 1.15. The van der Waals surface area contributed by atoms with Crippen molar-refractivity contribution in [2.45, 2.75) is 57.1 Å². The van der Waals surface area contributed by atoms with Crippen LogP contribution in [0.3, 0.4) is 0 Å². The Morgan fingerprint density at radius 3 is 2.51 bits per heavy atom. The fourth-order valence-electron chi connectivity index (χ4n) is 5.08. The predicted molar refractivity (Wildman–Crippen MR) is 137 cm³/mol. The molecule has 0 radical (unpaired) electrons. The molecule has 0 atom stereocenters. The standard InChI is InChI=1S/C30H32N2O3/c1-2-5-25(6-3-1)21-33-29-14-12-24(20-31-29)10-9-23-11-13-28-26(19-23)22-34-30(35-28)15-17-32(18-16-30)27-7-4-8-27/h1-3,5-6,9-14,19-20,27H,4,7-8,15-18,21-22H2/b10-9+. The van der Waals surface area contributed by atoms with Crippen LogP contribution in [0.5, 0.6) is 11.6 Å². The molecule has 3 heterocycles. The number of hydrogen-bond donors (Lipinski definition) is 0. The third-order valence-electron chi connectivity index (χ3n) is 7.48. The minimum Gasteiger partial charge on any atom is -0.473 e. The Kier molecular flexibility index (Phi) is 6.28. The van der Waals surface area contributed by atoms with Gasteiger partial charge in [-0.15, -0.1) is 0 Å². The Hall–Kier alpha value is -3.15. The molecule has 35 heavy (non-hydrogen) atoms. The van der Waals surface area contributed by atoms with Gasteiger partial charge in [0, 0.05) is 49.8 Å². The van der Waals surface area contributed by atoms with Crippen molar-refractivity contribution in [3.8, 4) is 11.6 Å². The fraction of sp³-hybridized carbons (Fsp3) is 0.367. The van der Waals surface area contributed by atoms with E-state index in [4.69, 9.17) is 14.2 Å². The van der Waals surface area contributed by atoms with Gasteiger partial charge in [-0.1, -0.05) is 55.0 Å². The van der Waals surface area contributed by atoms with Crippen molar-refractivity contribution < 1.29 is 14.2 Å². The van der Waals surface area contributed by atoms with Gasteiger partial charge in [0.1, 0.15) is 12.4 Å². The zero-order valence-corrected chi connectivity index (χ0v) is 20.1. The van der Waals surface area contributed by atoms with Crippen LogP contribution >= 0.6 is 0 Å². The summed E-state index contributed by atoms with van der Waals surface area (Å²) in [7, 11) is 0. The average Bonchev–Trinajstić information content (AvgIpc) is 2.88. The van der Waals surface area contributed by atoms with E-state index in [9.17, 15) is 0 Å². The van der Waals surface area contributed by atoms with Crippen molar-refractivity contribution >= 4 is 12.2 Å². The van der Waals surface area contributed by atoms with Crippen LogP contribution in [0.15, 0.2) is 66.9 Å². The van der Waals surface area contributed by atoms with Crippen LogP contribution in [0.1, 0.15) is 54.4 Å². The molecule has 5 heteroatoms. The zero-order chi connectivity index (χ0) is 23.5. The van der Waals surface area contributed by atoms with E-state index in [1.807, 2.05) is 48.7 Å². The smallest absolute Gasteiger partial charge is 0.213 e. The summed E-state index contributed by atoms with van der Waals surface area (Å²) in [6.07, 6.45) is 12.0. The molecular weight excluding hydrogens is 436 g/mol. The van der Waals surface area contributed by atoms with Crippen LogP contribution in [-0.2, 0) is 18.0 Å². The van der Waals surface area contributed by atoms with Crippen molar-refractivity contribution in [2.75, 3.05) is 13.1 Å². The SMILES string of the molecule is C(=C\c1ccc2c(c1)COC1(CCN(C3CCC3)CC1)O2)/c1ccc(OCc2ccccc2)nc1. The second-order valence-electron chi connectivity index (χ2n) is 9.83. The van der Waals surface area contributed by atoms with Crippen molar-refractivity contribution in [1.82, 2.24) is 9.88 Å². The maximum Gasteiger partial charge on any atom is 0.213 e. The number of pyridine rings is 1. The fourth-order valence-corrected chi connectivity index (χ4v) is 5.08. The van der Waals surface area contributed by atoms with Crippen molar-refractivity contribution in [2.24, 2.45) is 0 Å². The number of aromatic nitrogens is 1. The Labute approximate surface area is 207 Å². The lowest BCUT2D eigenvalue weighted by Gasteiger charge is -2.47. The Balaban J connectivity index is 1.05. The predicted octanol–water partition coefficient (Wildman–Crippen LogP) is 6.08. The van der Waals surface area contributed by atoms with Gasteiger partial charge in [0.15, 0.2) is 0 Å². The first-order valence-electron chi connectivity index (χ1n) is 12.8. The number of benzene rings is 2. The van der Waals surface area contributed by atoms with Crippen LogP contribution in [0.4, 0.5) is 0 Å². The van der Waals surface area contributed by atoms with E-state index in [0.717, 1.165) is 60.0 Å². The first kappa shape index (κ1) is 22.3. The third kappa shape index (κ3) is 5.12. The monoisotopic (exact) mass is 468 g/mol. The summed E-state index contributed by atoms with van der Waals surface area (Å²) in [5.41, 5.74) is 4.39. The minimum absolute atomic E-state index is 0.444. The molecule has 2 aliphatic heterocycles. The summed E-state index contributed by atoms with van der Waals surface area (Å²) in [6, 6.07) is 21.2. The minimum atomic E-state index is -0.444. The second-order valence-corrected chi connectivity index (χ2v) is 9.83. The van der Waals surface area contributed by atoms with E-state index in [2.05, 4.69) is 40.2 Å². The number of rotatable bonds is 6. The van der Waals surface area contributed by atoms with E-state index in [0.29, 0.717) is 19.1 Å². The Morgan fingerprint density at radius 2 is 1.77 bits per heavy atom. The van der Waals surface area contributed by atoms with Gasteiger partial charge in [0.2, 0.25) is 11.7 Å². The molecule has 3 aliphatic rings. The zero-order valence-electron chi connectivity index (χ0n) is 20.1. The van der Waals surface area contributed by atoms with E-state index in [1.165, 1.54) is 19.3 Å². The Bertz CT molecular complexity index is 1160. The highest BCUT2D eigenvalue weighted by atomic mass is 16.7. The molecular formula is C30H32N2O3. The van der Waals surface area contributed by atoms with Gasteiger partial charge in [-0.3, -0.25) is 4.90 Å². The van der Waals surface area contributed by atoms with E-state index in [1.54, 1.807) is 0 Å². The molecule has 5 nitrogen and oxygen atoms in total. The molecule has 180 valence electrons. The molecule has 0 bridgehead atoms. The molecule has 0 unspecified atom stereocenters. The van der Waals surface area contributed by atoms with Crippen molar-refractivity contribution in [1.29, 1.82) is 0 Å². The molecule has 6 rings (SSSR count). The number of piperidine rings is 1. The summed E-state index contributed by atoms with van der Waals surface area (Å²) in [4.78, 5) is 7.06. The molecule has 1 spiro atoms. The van der Waals surface area contributed by atoms with Crippen LogP contribution in [0.2, 0.25) is 0 Å². The molecule has 1 saturated carbocycles. The van der Waals surface area contributed by atoms with Crippen molar-refractivity contribution in [3.63, 3.8) is 0 Å². The normalized spacial score (nSPS) is 19.8. The van der Waals surface area contributed by atoms with Gasteiger partial charge in [-0.2, -0.15) is 0 Å². The largest absolute Gasteiger partial charge is 0.473 e. The number of ether oxygens (including phenoxy) is 3. The average molecular weight is 469 g/mol.